The molecular weight excluding hydrogens is 346 g/mol. The van der Waals surface area contributed by atoms with E-state index in [2.05, 4.69) is 51.3 Å². The van der Waals surface area contributed by atoms with E-state index in [9.17, 15) is 0 Å². The third-order valence-corrected chi connectivity index (χ3v) is 6.22. The molecule has 1 aromatic carbocycles. The zero-order valence-electron chi connectivity index (χ0n) is 12.9. The summed E-state index contributed by atoms with van der Waals surface area (Å²) in [4.78, 5) is 1.39. The molecule has 3 aromatic rings. The van der Waals surface area contributed by atoms with Crippen molar-refractivity contribution in [2.45, 2.75) is 36.7 Å². The fourth-order valence-corrected chi connectivity index (χ4v) is 4.27. The number of halogens is 1. The number of hydrogen-bond donors (Lipinski definition) is 0. The summed E-state index contributed by atoms with van der Waals surface area (Å²) >= 11 is 9.55. The molecule has 0 bridgehead atoms. The van der Waals surface area contributed by atoms with Crippen LogP contribution < -0.4 is 0 Å². The number of thiophene rings is 1. The van der Waals surface area contributed by atoms with Gasteiger partial charge in [-0.2, -0.15) is 0 Å². The van der Waals surface area contributed by atoms with Gasteiger partial charge in [-0.25, -0.2) is 0 Å². The monoisotopic (exact) mass is 363 g/mol. The summed E-state index contributed by atoms with van der Waals surface area (Å²) < 4.78 is 2.14. The van der Waals surface area contributed by atoms with Gasteiger partial charge in [0.15, 0.2) is 5.16 Å². The minimum Gasteiger partial charge on any atom is -0.308 e. The third-order valence-electron chi connectivity index (χ3n) is 3.62. The molecule has 1 atom stereocenters. The smallest absolute Gasteiger partial charge is 0.191 e. The second kappa shape index (κ2) is 7.99. The summed E-state index contributed by atoms with van der Waals surface area (Å²) in [7, 11) is 0. The zero-order valence-corrected chi connectivity index (χ0v) is 15.2. The van der Waals surface area contributed by atoms with Gasteiger partial charge in [0, 0.05) is 21.7 Å². The van der Waals surface area contributed by atoms with Crippen LogP contribution in [0.4, 0.5) is 0 Å². The van der Waals surface area contributed by atoms with E-state index < -0.39 is 0 Å². The van der Waals surface area contributed by atoms with Gasteiger partial charge in [-0.05, 0) is 42.0 Å². The van der Waals surface area contributed by atoms with Crippen molar-refractivity contribution in [2.75, 3.05) is 0 Å². The van der Waals surface area contributed by atoms with E-state index in [4.69, 9.17) is 11.6 Å². The Balaban J connectivity index is 1.69. The second-order valence-corrected chi connectivity index (χ2v) is 7.84. The van der Waals surface area contributed by atoms with Gasteiger partial charge in [-0.15, -0.1) is 21.5 Å². The standard InChI is InChI=1S/C17H18ClN3S2/c1-2-16(13-5-7-14(18)8-6-13)23-17-20-19-12-21(17)10-9-15-4-3-11-22-15/h3-8,11-12,16H,2,9-10H2,1H3/t16-/m1/s1. The highest BCUT2D eigenvalue weighted by Gasteiger charge is 2.15. The van der Waals surface area contributed by atoms with Crippen molar-refractivity contribution >= 4 is 34.7 Å². The van der Waals surface area contributed by atoms with Gasteiger partial charge in [0.05, 0.1) is 0 Å². The maximum Gasteiger partial charge on any atom is 0.191 e. The number of thioether (sulfide) groups is 1. The Morgan fingerprint density at radius 3 is 2.78 bits per heavy atom. The average Bonchev–Trinajstić information content (AvgIpc) is 3.23. The van der Waals surface area contributed by atoms with Gasteiger partial charge in [-0.3, -0.25) is 0 Å². The molecule has 0 aliphatic heterocycles. The van der Waals surface area contributed by atoms with Gasteiger partial charge >= 0.3 is 0 Å². The Morgan fingerprint density at radius 2 is 2.09 bits per heavy atom. The van der Waals surface area contributed by atoms with Gasteiger partial charge in [0.1, 0.15) is 6.33 Å². The van der Waals surface area contributed by atoms with Crippen LogP contribution in [-0.4, -0.2) is 14.8 Å². The second-order valence-electron chi connectivity index (χ2n) is 5.20. The number of rotatable bonds is 7. The lowest BCUT2D eigenvalue weighted by molar-refractivity contribution is 0.635. The van der Waals surface area contributed by atoms with E-state index in [0.717, 1.165) is 29.6 Å². The summed E-state index contributed by atoms with van der Waals surface area (Å²) in [5.74, 6) is 0. The number of aromatic nitrogens is 3. The fraction of sp³-hybridized carbons (Fsp3) is 0.294. The Kier molecular flexibility index (Phi) is 5.75. The molecule has 2 aromatic heterocycles. The van der Waals surface area contributed by atoms with Gasteiger partial charge < -0.3 is 4.57 Å². The third kappa shape index (κ3) is 4.37. The Hall–Kier alpha value is -1.30. The van der Waals surface area contributed by atoms with Crippen LogP contribution in [0.3, 0.4) is 0 Å². The summed E-state index contributed by atoms with van der Waals surface area (Å²) in [6.45, 7) is 3.10. The molecular formula is C17H18ClN3S2. The van der Waals surface area contributed by atoms with Crippen LogP contribution in [0.25, 0.3) is 0 Å². The van der Waals surface area contributed by atoms with E-state index in [1.807, 2.05) is 18.5 Å². The Morgan fingerprint density at radius 1 is 1.26 bits per heavy atom. The highest BCUT2D eigenvalue weighted by Crippen LogP contribution is 2.37. The molecule has 0 radical (unpaired) electrons. The molecule has 3 nitrogen and oxygen atoms in total. The average molecular weight is 364 g/mol. The molecule has 2 heterocycles. The van der Waals surface area contributed by atoms with Crippen molar-refractivity contribution in [1.29, 1.82) is 0 Å². The maximum atomic E-state index is 5.99. The van der Waals surface area contributed by atoms with E-state index in [1.54, 1.807) is 23.1 Å². The molecule has 0 aliphatic rings. The van der Waals surface area contributed by atoms with Gasteiger partial charge in [0.25, 0.3) is 0 Å². The van der Waals surface area contributed by atoms with Crippen LogP contribution in [0.5, 0.6) is 0 Å². The molecule has 6 heteroatoms. The normalized spacial score (nSPS) is 12.4. The van der Waals surface area contributed by atoms with E-state index in [-0.39, 0.29) is 0 Å². The predicted molar refractivity (Wildman–Crippen MR) is 98.4 cm³/mol. The quantitative estimate of drug-likeness (QED) is 0.521. The zero-order chi connectivity index (χ0) is 16.1. The first kappa shape index (κ1) is 16.6. The van der Waals surface area contributed by atoms with Crippen molar-refractivity contribution < 1.29 is 0 Å². The van der Waals surface area contributed by atoms with Crippen LogP contribution >= 0.6 is 34.7 Å². The molecule has 0 spiro atoms. The maximum absolute atomic E-state index is 5.99. The minimum atomic E-state index is 0.358. The van der Waals surface area contributed by atoms with Crippen molar-refractivity contribution in [2.24, 2.45) is 0 Å². The lowest BCUT2D eigenvalue weighted by atomic mass is 10.1. The van der Waals surface area contributed by atoms with Crippen LogP contribution in [0.2, 0.25) is 5.02 Å². The first-order chi connectivity index (χ1) is 11.3. The Bertz CT molecular complexity index is 723. The first-order valence-electron chi connectivity index (χ1n) is 7.58. The largest absolute Gasteiger partial charge is 0.308 e. The number of benzene rings is 1. The molecule has 3 rings (SSSR count). The molecule has 23 heavy (non-hydrogen) atoms. The van der Waals surface area contributed by atoms with Crippen molar-refractivity contribution in [1.82, 2.24) is 14.8 Å². The summed E-state index contributed by atoms with van der Waals surface area (Å²) in [6, 6.07) is 12.3. The highest BCUT2D eigenvalue weighted by molar-refractivity contribution is 7.99. The molecule has 0 amide bonds. The Labute approximate surface area is 149 Å². The summed E-state index contributed by atoms with van der Waals surface area (Å²) in [6.07, 6.45) is 3.87. The lowest BCUT2D eigenvalue weighted by Crippen LogP contribution is -2.03. The van der Waals surface area contributed by atoms with Crippen LogP contribution in [0.15, 0.2) is 53.3 Å². The molecule has 120 valence electrons. The molecule has 0 fully saturated rings. The predicted octanol–water partition coefficient (Wildman–Crippen LogP) is 5.48. The molecule has 0 aliphatic carbocycles. The van der Waals surface area contributed by atoms with E-state index in [1.165, 1.54) is 10.4 Å². The molecule has 0 unspecified atom stereocenters. The van der Waals surface area contributed by atoms with E-state index >= 15 is 0 Å². The van der Waals surface area contributed by atoms with Crippen LogP contribution in [0, 0.1) is 0 Å². The first-order valence-corrected chi connectivity index (χ1v) is 9.72. The van der Waals surface area contributed by atoms with E-state index in [0.29, 0.717) is 5.25 Å². The van der Waals surface area contributed by atoms with Crippen LogP contribution in [0.1, 0.15) is 29.0 Å². The SMILES string of the molecule is CC[C@@H](Sc1nncn1CCc1cccs1)c1ccc(Cl)cc1. The van der Waals surface area contributed by atoms with Crippen molar-refractivity contribution in [3.63, 3.8) is 0 Å². The number of nitrogens with zero attached hydrogens (tertiary/aromatic N) is 3. The number of hydrogen-bond acceptors (Lipinski definition) is 4. The minimum absolute atomic E-state index is 0.358. The summed E-state index contributed by atoms with van der Waals surface area (Å²) in [5.41, 5.74) is 1.27. The lowest BCUT2D eigenvalue weighted by Gasteiger charge is -2.15. The van der Waals surface area contributed by atoms with Gasteiger partial charge in [0.2, 0.25) is 0 Å². The molecule has 0 N–H and O–H groups in total. The van der Waals surface area contributed by atoms with Gasteiger partial charge in [-0.1, -0.05) is 48.5 Å². The molecule has 0 saturated heterocycles. The topological polar surface area (TPSA) is 30.7 Å². The fourth-order valence-electron chi connectivity index (χ4n) is 2.37. The highest BCUT2D eigenvalue weighted by atomic mass is 35.5. The summed E-state index contributed by atoms with van der Waals surface area (Å²) in [5, 5.41) is 12.6. The van der Waals surface area contributed by atoms with Crippen molar-refractivity contribution in [3.8, 4) is 0 Å². The number of aryl methyl sites for hydroxylation is 2. The van der Waals surface area contributed by atoms with Crippen LogP contribution in [-0.2, 0) is 13.0 Å². The molecule has 0 saturated carbocycles. The van der Waals surface area contributed by atoms with Crippen molar-refractivity contribution in [3.05, 3.63) is 63.6 Å².